The molecule has 2 fully saturated rings. The minimum atomic E-state index is 0.472. The molecule has 3 aromatic heterocycles. The molecule has 0 aliphatic carbocycles. The van der Waals surface area contributed by atoms with Crippen LogP contribution in [0.25, 0.3) is 0 Å². The lowest BCUT2D eigenvalue weighted by Crippen LogP contribution is -2.37. The summed E-state index contributed by atoms with van der Waals surface area (Å²) in [7, 11) is 0. The van der Waals surface area contributed by atoms with Crippen LogP contribution in [0.15, 0.2) is 49.6 Å². The number of hydrogen-bond acceptors (Lipinski definition) is 6. The molecule has 0 atom stereocenters. The van der Waals surface area contributed by atoms with Crippen molar-refractivity contribution in [2.45, 2.75) is 37.8 Å². The second-order valence-corrected chi connectivity index (χ2v) is 8.11. The Morgan fingerprint density at radius 3 is 1.87 bits per heavy atom. The first kappa shape index (κ1) is 18.7. The highest BCUT2D eigenvalue weighted by atomic mass is 15.3. The molecule has 8 heteroatoms. The molecule has 2 aliphatic rings. The van der Waals surface area contributed by atoms with Crippen LogP contribution >= 0.6 is 0 Å². The Hall–Kier alpha value is -3.34. The average Bonchev–Trinajstić information content (AvgIpc) is 3.54. The summed E-state index contributed by atoms with van der Waals surface area (Å²) < 4.78 is 4.40. The van der Waals surface area contributed by atoms with Crippen molar-refractivity contribution in [3.63, 3.8) is 0 Å². The van der Waals surface area contributed by atoms with Crippen molar-refractivity contribution in [3.8, 4) is 6.07 Å². The van der Waals surface area contributed by atoms with Gasteiger partial charge in [0.15, 0.2) is 0 Å². The number of anilines is 2. The van der Waals surface area contributed by atoms with Crippen LogP contribution in [0.4, 0.5) is 11.6 Å². The van der Waals surface area contributed by atoms with Gasteiger partial charge < -0.3 is 18.9 Å². The molecule has 0 bridgehead atoms. The van der Waals surface area contributed by atoms with Gasteiger partial charge in [-0.2, -0.15) is 5.26 Å². The minimum absolute atomic E-state index is 0.472. The Balaban J connectivity index is 1.28. The van der Waals surface area contributed by atoms with Crippen molar-refractivity contribution in [2.24, 2.45) is 0 Å². The van der Waals surface area contributed by atoms with Crippen LogP contribution in [0, 0.1) is 11.3 Å². The van der Waals surface area contributed by atoms with E-state index in [1.165, 1.54) is 0 Å². The molecule has 5 rings (SSSR count). The third-order valence-corrected chi connectivity index (χ3v) is 6.43. The molecule has 0 amide bonds. The monoisotopic (exact) mass is 402 g/mol. The van der Waals surface area contributed by atoms with Crippen molar-refractivity contribution in [1.29, 1.82) is 5.26 Å². The number of imidazole rings is 2. The number of hydrogen-bond donors (Lipinski definition) is 0. The third-order valence-electron chi connectivity index (χ3n) is 6.43. The van der Waals surface area contributed by atoms with Gasteiger partial charge in [0.1, 0.15) is 17.7 Å². The zero-order chi connectivity index (χ0) is 20.3. The number of pyridine rings is 1. The maximum atomic E-state index is 9.64. The van der Waals surface area contributed by atoms with Crippen LogP contribution in [-0.4, -0.2) is 50.3 Å². The molecule has 2 aliphatic heterocycles. The Morgan fingerprint density at radius 1 is 0.800 bits per heavy atom. The lowest BCUT2D eigenvalue weighted by Gasteiger charge is -2.36. The smallest absolute Gasteiger partial charge is 0.148 e. The molecule has 0 aromatic carbocycles. The molecule has 5 heterocycles. The Kier molecular flexibility index (Phi) is 5.10. The number of rotatable bonds is 4. The highest BCUT2D eigenvalue weighted by molar-refractivity contribution is 5.59. The number of piperidine rings is 2. The van der Waals surface area contributed by atoms with Crippen LogP contribution in [0.3, 0.4) is 0 Å². The van der Waals surface area contributed by atoms with Crippen molar-refractivity contribution in [1.82, 2.24) is 24.1 Å². The zero-order valence-electron chi connectivity index (χ0n) is 17.0. The minimum Gasteiger partial charge on any atom is -0.356 e. The molecular weight excluding hydrogens is 376 g/mol. The normalized spacial score (nSPS) is 18.5. The molecule has 0 saturated carbocycles. The maximum Gasteiger partial charge on any atom is 0.148 e. The summed E-state index contributed by atoms with van der Waals surface area (Å²) in [6.07, 6.45) is 15.8. The molecule has 0 N–H and O–H groups in total. The summed E-state index contributed by atoms with van der Waals surface area (Å²) in [5.74, 6) is 1.81. The quantitative estimate of drug-likeness (QED) is 0.667. The van der Waals surface area contributed by atoms with Crippen molar-refractivity contribution >= 4 is 11.6 Å². The van der Waals surface area contributed by atoms with Gasteiger partial charge in [0, 0.05) is 63.1 Å². The molecular formula is C22H26N8. The van der Waals surface area contributed by atoms with E-state index >= 15 is 0 Å². The van der Waals surface area contributed by atoms with E-state index in [1.54, 1.807) is 0 Å². The van der Waals surface area contributed by atoms with Crippen LogP contribution in [0.2, 0.25) is 0 Å². The van der Waals surface area contributed by atoms with Gasteiger partial charge in [0.25, 0.3) is 0 Å². The van der Waals surface area contributed by atoms with E-state index in [-0.39, 0.29) is 0 Å². The predicted octanol–water partition coefficient (Wildman–Crippen LogP) is 3.03. The topological polar surface area (TPSA) is 78.8 Å². The van der Waals surface area contributed by atoms with E-state index in [2.05, 4.69) is 35.0 Å². The van der Waals surface area contributed by atoms with E-state index in [9.17, 15) is 5.26 Å². The summed E-state index contributed by atoms with van der Waals surface area (Å²) in [4.78, 5) is 17.9. The van der Waals surface area contributed by atoms with Gasteiger partial charge in [0.05, 0.1) is 18.2 Å². The molecule has 30 heavy (non-hydrogen) atoms. The summed E-state index contributed by atoms with van der Waals surface area (Å²) >= 11 is 0. The highest BCUT2D eigenvalue weighted by Gasteiger charge is 2.25. The second kappa shape index (κ2) is 8.19. The van der Waals surface area contributed by atoms with E-state index in [1.807, 2.05) is 49.6 Å². The Bertz CT molecular complexity index is 988. The van der Waals surface area contributed by atoms with E-state index in [0.717, 1.165) is 63.5 Å². The first-order valence-corrected chi connectivity index (χ1v) is 10.7. The van der Waals surface area contributed by atoms with Gasteiger partial charge in [0.2, 0.25) is 0 Å². The van der Waals surface area contributed by atoms with Gasteiger partial charge >= 0.3 is 0 Å². The fraction of sp³-hybridized carbons (Fsp3) is 0.455. The lowest BCUT2D eigenvalue weighted by atomic mass is 10.0. The third kappa shape index (κ3) is 3.63. The Morgan fingerprint density at radius 2 is 1.37 bits per heavy atom. The van der Waals surface area contributed by atoms with Crippen LogP contribution in [0.1, 0.15) is 43.3 Å². The standard InChI is InChI=1S/C22H26N8/c23-15-18-1-2-21(27-9-3-19(4-10-27)29-13-7-24-16-29)26-22(18)28-11-5-20(6-12-28)30-14-8-25-17-30/h1-2,7-8,13-14,16-17,19-20H,3-6,9-12H2. The van der Waals surface area contributed by atoms with Crippen LogP contribution in [0.5, 0.6) is 0 Å². The van der Waals surface area contributed by atoms with E-state index in [0.29, 0.717) is 17.6 Å². The first-order valence-electron chi connectivity index (χ1n) is 10.7. The van der Waals surface area contributed by atoms with E-state index in [4.69, 9.17) is 4.98 Å². The van der Waals surface area contributed by atoms with Crippen molar-refractivity contribution in [3.05, 3.63) is 55.1 Å². The van der Waals surface area contributed by atoms with E-state index < -0.39 is 0 Å². The van der Waals surface area contributed by atoms with Gasteiger partial charge in [-0.25, -0.2) is 15.0 Å². The first-order chi connectivity index (χ1) is 14.8. The zero-order valence-corrected chi connectivity index (χ0v) is 17.0. The van der Waals surface area contributed by atoms with Gasteiger partial charge in [-0.05, 0) is 37.8 Å². The van der Waals surface area contributed by atoms with Crippen molar-refractivity contribution < 1.29 is 0 Å². The van der Waals surface area contributed by atoms with Crippen LogP contribution in [-0.2, 0) is 0 Å². The molecule has 154 valence electrons. The largest absolute Gasteiger partial charge is 0.356 e. The molecule has 2 saturated heterocycles. The van der Waals surface area contributed by atoms with Gasteiger partial charge in [-0.3, -0.25) is 0 Å². The highest BCUT2D eigenvalue weighted by Crippen LogP contribution is 2.31. The lowest BCUT2D eigenvalue weighted by molar-refractivity contribution is 0.392. The summed E-state index contributed by atoms with van der Waals surface area (Å²) in [6.45, 7) is 3.72. The number of nitrogens with zero attached hydrogens (tertiary/aromatic N) is 8. The number of nitriles is 1. The van der Waals surface area contributed by atoms with Crippen LogP contribution < -0.4 is 9.80 Å². The fourth-order valence-corrected chi connectivity index (χ4v) is 4.68. The van der Waals surface area contributed by atoms with Crippen molar-refractivity contribution in [2.75, 3.05) is 36.0 Å². The molecule has 0 unspecified atom stereocenters. The van der Waals surface area contributed by atoms with Gasteiger partial charge in [-0.15, -0.1) is 0 Å². The Labute approximate surface area is 176 Å². The number of aromatic nitrogens is 5. The summed E-state index contributed by atoms with van der Waals surface area (Å²) in [5, 5.41) is 9.64. The molecule has 8 nitrogen and oxygen atoms in total. The average molecular weight is 403 g/mol. The molecule has 0 spiro atoms. The summed E-state index contributed by atoms with van der Waals surface area (Å²) in [6, 6.07) is 7.24. The molecule has 3 aromatic rings. The van der Waals surface area contributed by atoms with Gasteiger partial charge in [-0.1, -0.05) is 0 Å². The second-order valence-electron chi connectivity index (χ2n) is 8.11. The maximum absolute atomic E-state index is 9.64. The summed E-state index contributed by atoms with van der Waals surface area (Å²) in [5.41, 5.74) is 0.660. The SMILES string of the molecule is N#Cc1ccc(N2CCC(n3ccnc3)CC2)nc1N1CCC(n2ccnc2)CC1. The molecule has 0 radical (unpaired) electrons. The predicted molar refractivity (Wildman–Crippen MR) is 114 cm³/mol. The fourth-order valence-electron chi connectivity index (χ4n) is 4.68.